The van der Waals surface area contributed by atoms with E-state index in [0.29, 0.717) is 24.1 Å². The molecule has 0 bridgehead atoms. The molecule has 36 heavy (non-hydrogen) atoms. The van der Waals surface area contributed by atoms with Crippen molar-refractivity contribution in [3.63, 3.8) is 0 Å². The summed E-state index contributed by atoms with van der Waals surface area (Å²) in [6.07, 6.45) is 3.24. The number of para-hydroxylation sites is 2. The van der Waals surface area contributed by atoms with Crippen LogP contribution in [-0.2, 0) is 13.0 Å². The highest BCUT2D eigenvalue weighted by atomic mass is 16.6. The van der Waals surface area contributed by atoms with Crippen molar-refractivity contribution in [3.8, 4) is 34.8 Å². The van der Waals surface area contributed by atoms with Crippen molar-refractivity contribution in [1.29, 1.82) is 5.26 Å². The molecule has 2 aliphatic heterocycles. The third-order valence-electron chi connectivity index (χ3n) is 7.96. The molecule has 2 aromatic rings. The van der Waals surface area contributed by atoms with Crippen molar-refractivity contribution in [2.75, 3.05) is 35.0 Å². The van der Waals surface area contributed by atoms with Gasteiger partial charge in [-0.15, -0.1) is 0 Å². The van der Waals surface area contributed by atoms with Gasteiger partial charge < -0.3 is 23.7 Å². The van der Waals surface area contributed by atoms with Gasteiger partial charge in [0.25, 0.3) is 0 Å². The van der Waals surface area contributed by atoms with Crippen LogP contribution in [0.5, 0.6) is 28.7 Å². The number of nitrogens with zero attached hydrogens (tertiary/aromatic N) is 2. The summed E-state index contributed by atoms with van der Waals surface area (Å²) in [4.78, 5) is 2.37. The molecule has 0 fully saturated rings. The molecule has 7 heteroatoms. The molecule has 194 valence electrons. The highest BCUT2D eigenvalue weighted by molar-refractivity contribution is 5.60. The van der Waals surface area contributed by atoms with Crippen LogP contribution < -0.4 is 23.7 Å². The molecule has 0 aliphatic carbocycles. The second-order valence-corrected chi connectivity index (χ2v) is 10.1. The summed E-state index contributed by atoms with van der Waals surface area (Å²) in [7, 11) is 7.11. The molecule has 3 atom stereocenters. The highest BCUT2D eigenvalue weighted by Gasteiger charge is 2.46. The van der Waals surface area contributed by atoms with Crippen LogP contribution in [-0.4, -0.2) is 52.0 Å². The van der Waals surface area contributed by atoms with Crippen LogP contribution in [0.2, 0.25) is 0 Å². The van der Waals surface area contributed by atoms with E-state index < -0.39 is 5.41 Å². The van der Waals surface area contributed by atoms with Crippen LogP contribution in [0.15, 0.2) is 30.3 Å². The third kappa shape index (κ3) is 4.67. The largest absolute Gasteiger partial charge is 0.493 e. The van der Waals surface area contributed by atoms with Gasteiger partial charge in [-0.1, -0.05) is 32.4 Å². The summed E-state index contributed by atoms with van der Waals surface area (Å²) in [6.45, 7) is 5.39. The average molecular weight is 495 g/mol. The lowest BCUT2D eigenvalue weighted by atomic mass is 9.70. The number of ether oxygens (including phenoxy) is 5. The number of rotatable bonds is 9. The number of methoxy groups -OCH3 is 3. The summed E-state index contributed by atoms with van der Waals surface area (Å²) >= 11 is 0. The standard InChI is InChI=1S/C29H38N2O5/c1-19(2)29(18-30,26-17-35-23-11-7-8-12-24(23)36-26)13-9-10-21-14-20-15-25(32-4)28(34-6)27(33-5)22(20)16-31(21)3/h7-8,11-12,15,19,21,26H,9-10,13-14,16-17H2,1-6H3. The van der Waals surface area contributed by atoms with Gasteiger partial charge in [-0.2, -0.15) is 5.26 Å². The van der Waals surface area contributed by atoms with E-state index in [-0.39, 0.29) is 12.0 Å². The molecule has 0 N–H and O–H groups in total. The molecule has 7 nitrogen and oxygen atoms in total. The first-order valence-electron chi connectivity index (χ1n) is 12.7. The fraction of sp³-hybridized carbons (Fsp3) is 0.552. The Bertz CT molecular complexity index is 1110. The predicted molar refractivity (Wildman–Crippen MR) is 138 cm³/mol. The first kappa shape index (κ1) is 26.0. The third-order valence-corrected chi connectivity index (χ3v) is 7.96. The Kier molecular flexibility index (Phi) is 7.85. The molecule has 0 radical (unpaired) electrons. The lowest BCUT2D eigenvalue weighted by molar-refractivity contribution is -0.0119. The Labute approximate surface area is 214 Å². The average Bonchev–Trinajstić information content (AvgIpc) is 2.89. The van der Waals surface area contributed by atoms with Crippen molar-refractivity contribution in [3.05, 3.63) is 41.5 Å². The fourth-order valence-electron chi connectivity index (χ4n) is 5.71. The van der Waals surface area contributed by atoms with Gasteiger partial charge in [-0.25, -0.2) is 0 Å². The van der Waals surface area contributed by atoms with E-state index in [1.54, 1.807) is 21.3 Å². The van der Waals surface area contributed by atoms with Gasteiger partial charge in [0.05, 0.1) is 32.8 Å². The van der Waals surface area contributed by atoms with Crippen LogP contribution in [0.1, 0.15) is 44.2 Å². The van der Waals surface area contributed by atoms with Crippen LogP contribution in [0.4, 0.5) is 0 Å². The maximum Gasteiger partial charge on any atom is 0.203 e. The topological polar surface area (TPSA) is 73.2 Å². The van der Waals surface area contributed by atoms with Crippen molar-refractivity contribution in [1.82, 2.24) is 4.90 Å². The SMILES string of the molecule is COc1cc2c(c(OC)c1OC)CN(C)C(CCCC(C#N)(C(C)C)C1COc3ccccc3O1)C2. The summed E-state index contributed by atoms with van der Waals surface area (Å²) in [6, 6.07) is 12.8. The second-order valence-electron chi connectivity index (χ2n) is 10.1. The maximum atomic E-state index is 10.4. The van der Waals surface area contributed by atoms with Gasteiger partial charge >= 0.3 is 0 Å². The molecule has 2 heterocycles. The Balaban J connectivity index is 1.48. The zero-order valence-corrected chi connectivity index (χ0v) is 22.3. The van der Waals surface area contributed by atoms with Gasteiger partial charge in [0.15, 0.2) is 29.1 Å². The Morgan fingerprint density at radius 1 is 1.11 bits per heavy atom. The molecule has 0 spiro atoms. The zero-order chi connectivity index (χ0) is 25.9. The van der Waals surface area contributed by atoms with Gasteiger partial charge in [-0.3, -0.25) is 4.90 Å². The van der Waals surface area contributed by atoms with Crippen molar-refractivity contribution in [2.45, 2.75) is 58.2 Å². The van der Waals surface area contributed by atoms with Gasteiger partial charge in [0.1, 0.15) is 6.61 Å². The molecular formula is C29H38N2O5. The first-order valence-corrected chi connectivity index (χ1v) is 12.7. The molecule has 0 amide bonds. The van der Waals surface area contributed by atoms with E-state index in [4.69, 9.17) is 23.7 Å². The first-order chi connectivity index (χ1) is 17.4. The molecule has 2 aromatic carbocycles. The van der Waals surface area contributed by atoms with E-state index in [2.05, 4.69) is 37.9 Å². The van der Waals surface area contributed by atoms with Crippen LogP contribution in [0.25, 0.3) is 0 Å². The predicted octanol–water partition coefficient (Wildman–Crippen LogP) is 5.25. The molecule has 3 unspecified atom stereocenters. The van der Waals surface area contributed by atoms with E-state index in [1.165, 1.54) is 5.56 Å². The van der Waals surface area contributed by atoms with Crippen molar-refractivity contribution < 1.29 is 23.7 Å². The fourth-order valence-corrected chi connectivity index (χ4v) is 5.71. The number of likely N-dealkylation sites (N-methyl/N-ethyl adjacent to an activating group) is 1. The van der Waals surface area contributed by atoms with E-state index in [9.17, 15) is 5.26 Å². The van der Waals surface area contributed by atoms with Crippen LogP contribution >= 0.6 is 0 Å². The number of fused-ring (bicyclic) bond motifs is 2. The van der Waals surface area contributed by atoms with Gasteiger partial charge in [0.2, 0.25) is 5.75 Å². The van der Waals surface area contributed by atoms with Crippen LogP contribution in [0.3, 0.4) is 0 Å². The molecule has 2 aliphatic rings. The lowest BCUT2D eigenvalue weighted by Crippen LogP contribution is -2.48. The minimum Gasteiger partial charge on any atom is -0.493 e. The van der Waals surface area contributed by atoms with Crippen LogP contribution in [0, 0.1) is 22.7 Å². The second kappa shape index (κ2) is 10.9. The number of hydrogen-bond donors (Lipinski definition) is 0. The zero-order valence-electron chi connectivity index (χ0n) is 22.3. The Morgan fingerprint density at radius 2 is 1.83 bits per heavy atom. The number of nitriles is 1. The number of benzene rings is 2. The minimum absolute atomic E-state index is 0.132. The molecule has 0 saturated heterocycles. The quantitative estimate of drug-likeness (QED) is 0.472. The maximum absolute atomic E-state index is 10.4. The monoisotopic (exact) mass is 494 g/mol. The molecule has 0 saturated carbocycles. The van der Waals surface area contributed by atoms with Gasteiger partial charge in [-0.05, 0) is 56.0 Å². The molecule has 0 aromatic heterocycles. The summed E-state index contributed by atoms with van der Waals surface area (Å²) in [5.41, 5.74) is 1.75. The molecular weight excluding hydrogens is 456 g/mol. The normalized spacial score (nSPS) is 20.7. The van der Waals surface area contributed by atoms with Crippen molar-refractivity contribution >= 4 is 0 Å². The summed E-state index contributed by atoms with van der Waals surface area (Å²) in [5, 5.41) is 10.4. The smallest absolute Gasteiger partial charge is 0.203 e. The van der Waals surface area contributed by atoms with Crippen molar-refractivity contribution in [2.24, 2.45) is 11.3 Å². The van der Waals surface area contributed by atoms with Gasteiger partial charge in [0, 0.05) is 18.2 Å². The highest BCUT2D eigenvalue weighted by Crippen LogP contribution is 2.46. The summed E-state index contributed by atoms with van der Waals surface area (Å²) < 4.78 is 29.2. The minimum atomic E-state index is -0.627. The van der Waals surface area contributed by atoms with E-state index >= 15 is 0 Å². The lowest BCUT2D eigenvalue weighted by Gasteiger charge is -2.41. The van der Waals surface area contributed by atoms with E-state index in [1.807, 2.05) is 24.3 Å². The Morgan fingerprint density at radius 3 is 2.47 bits per heavy atom. The summed E-state index contributed by atoms with van der Waals surface area (Å²) in [5.74, 6) is 3.67. The molecule has 4 rings (SSSR count). The number of hydrogen-bond acceptors (Lipinski definition) is 7. The Hall–Kier alpha value is -3.11. The van der Waals surface area contributed by atoms with E-state index in [0.717, 1.165) is 55.0 Å².